The van der Waals surface area contributed by atoms with E-state index in [4.69, 9.17) is 4.74 Å². The molecule has 2 aromatic rings. The Morgan fingerprint density at radius 2 is 1.67 bits per heavy atom. The number of benzene rings is 2. The molecule has 0 heterocycles. The highest BCUT2D eigenvalue weighted by Crippen LogP contribution is 2.26. The highest BCUT2D eigenvalue weighted by molar-refractivity contribution is 5.48. The van der Waals surface area contributed by atoms with Crippen LogP contribution >= 0.6 is 0 Å². The highest BCUT2D eigenvalue weighted by atomic mass is 16.5. The molecule has 0 saturated carbocycles. The van der Waals surface area contributed by atoms with Gasteiger partial charge in [0.2, 0.25) is 0 Å². The quantitative estimate of drug-likeness (QED) is 0.836. The molecular formula is C19H25NO. The fourth-order valence-electron chi connectivity index (χ4n) is 2.31. The number of nitrogens with one attached hydrogen (secondary N) is 1. The van der Waals surface area contributed by atoms with Crippen molar-refractivity contribution < 1.29 is 4.74 Å². The van der Waals surface area contributed by atoms with Gasteiger partial charge in [0.1, 0.15) is 5.75 Å². The molecule has 1 atom stereocenters. The molecule has 1 unspecified atom stereocenters. The third kappa shape index (κ3) is 4.01. The summed E-state index contributed by atoms with van der Waals surface area (Å²) in [6.07, 6.45) is 0. The van der Waals surface area contributed by atoms with Gasteiger partial charge in [0.05, 0.1) is 7.11 Å². The average molecular weight is 283 g/mol. The van der Waals surface area contributed by atoms with Gasteiger partial charge >= 0.3 is 0 Å². The molecule has 0 radical (unpaired) electrons. The molecule has 0 bridgehead atoms. The predicted molar refractivity (Wildman–Crippen MR) is 90.2 cm³/mol. The van der Waals surface area contributed by atoms with Gasteiger partial charge in [-0.15, -0.1) is 0 Å². The molecule has 0 spiro atoms. The molecule has 2 rings (SSSR count). The van der Waals surface area contributed by atoms with E-state index < -0.39 is 0 Å². The summed E-state index contributed by atoms with van der Waals surface area (Å²) in [5.74, 6) is 0.893. The van der Waals surface area contributed by atoms with Crippen molar-refractivity contribution in [2.75, 3.05) is 12.4 Å². The summed E-state index contributed by atoms with van der Waals surface area (Å²) < 4.78 is 5.28. The van der Waals surface area contributed by atoms with Crippen LogP contribution in [0.1, 0.15) is 44.9 Å². The van der Waals surface area contributed by atoms with Crippen LogP contribution in [0.5, 0.6) is 5.75 Å². The lowest BCUT2D eigenvalue weighted by Crippen LogP contribution is -2.11. The maximum atomic E-state index is 5.28. The van der Waals surface area contributed by atoms with E-state index in [0.717, 1.165) is 11.4 Å². The number of hydrogen-bond donors (Lipinski definition) is 1. The van der Waals surface area contributed by atoms with Crippen molar-refractivity contribution in [1.29, 1.82) is 0 Å². The first-order valence-electron chi connectivity index (χ1n) is 7.41. The van der Waals surface area contributed by atoms with Crippen molar-refractivity contribution in [1.82, 2.24) is 0 Å². The number of hydrogen-bond acceptors (Lipinski definition) is 2. The van der Waals surface area contributed by atoms with Crippen molar-refractivity contribution in [2.24, 2.45) is 0 Å². The van der Waals surface area contributed by atoms with E-state index in [2.05, 4.69) is 69.4 Å². The number of ether oxygens (including phenoxy) is 1. The van der Waals surface area contributed by atoms with E-state index in [-0.39, 0.29) is 11.5 Å². The summed E-state index contributed by atoms with van der Waals surface area (Å²) in [6.45, 7) is 8.85. The molecule has 1 N–H and O–H groups in total. The summed E-state index contributed by atoms with van der Waals surface area (Å²) in [4.78, 5) is 0. The third-order valence-corrected chi connectivity index (χ3v) is 3.73. The first-order valence-corrected chi connectivity index (χ1v) is 7.41. The van der Waals surface area contributed by atoms with E-state index >= 15 is 0 Å². The topological polar surface area (TPSA) is 21.3 Å². The smallest absolute Gasteiger partial charge is 0.119 e. The van der Waals surface area contributed by atoms with Crippen LogP contribution < -0.4 is 10.1 Å². The average Bonchev–Trinajstić information content (AvgIpc) is 2.47. The van der Waals surface area contributed by atoms with Crippen LogP contribution in [0.25, 0.3) is 0 Å². The molecule has 0 aliphatic rings. The van der Waals surface area contributed by atoms with E-state index in [1.165, 1.54) is 11.1 Å². The zero-order valence-electron chi connectivity index (χ0n) is 13.6. The van der Waals surface area contributed by atoms with Gasteiger partial charge in [-0.2, -0.15) is 0 Å². The van der Waals surface area contributed by atoms with Gasteiger partial charge in [-0.25, -0.2) is 0 Å². The lowest BCUT2D eigenvalue weighted by molar-refractivity contribution is 0.414. The Bertz CT molecular complexity index is 581. The lowest BCUT2D eigenvalue weighted by atomic mass is 9.87. The molecule has 2 heteroatoms. The fraction of sp³-hybridized carbons (Fsp3) is 0.368. The predicted octanol–water partition coefficient (Wildman–Crippen LogP) is 5.17. The summed E-state index contributed by atoms with van der Waals surface area (Å²) in [6, 6.07) is 17.1. The van der Waals surface area contributed by atoms with Crippen molar-refractivity contribution >= 4 is 5.69 Å². The molecule has 2 nitrogen and oxygen atoms in total. The number of anilines is 1. The second-order valence-corrected chi connectivity index (χ2v) is 6.47. The highest BCUT2D eigenvalue weighted by Gasteiger charge is 2.13. The van der Waals surface area contributed by atoms with Gasteiger partial charge in [0, 0.05) is 11.7 Å². The van der Waals surface area contributed by atoms with Crippen LogP contribution in [0.3, 0.4) is 0 Å². The maximum Gasteiger partial charge on any atom is 0.119 e. The van der Waals surface area contributed by atoms with Crippen molar-refractivity contribution in [2.45, 2.75) is 39.2 Å². The molecule has 0 amide bonds. The van der Waals surface area contributed by atoms with Gasteiger partial charge in [-0.1, -0.05) is 45.0 Å². The summed E-state index contributed by atoms with van der Waals surface area (Å²) in [7, 11) is 1.70. The first-order chi connectivity index (χ1) is 9.90. The van der Waals surface area contributed by atoms with Crippen LogP contribution in [0.2, 0.25) is 0 Å². The molecule has 112 valence electrons. The van der Waals surface area contributed by atoms with Gasteiger partial charge in [0.15, 0.2) is 0 Å². The van der Waals surface area contributed by atoms with Crippen LogP contribution in [-0.4, -0.2) is 7.11 Å². The molecular weight excluding hydrogens is 258 g/mol. The van der Waals surface area contributed by atoms with Gasteiger partial charge in [-0.05, 0) is 47.7 Å². The summed E-state index contributed by atoms with van der Waals surface area (Å²) in [5.41, 5.74) is 3.89. The molecule has 0 saturated heterocycles. The standard InChI is InChI=1S/C19H25NO/c1-14(15-7-6-8-18(13-15)21-5)20-17-11-9-16(10-12-17)19(2,3)4/h6-14,20H,1-5H3. The van der Waals surface area contributed by atoms with Crippen LogP contribution in [-0.2, 0) is 5.41 Å². The SMILES string of the molecule is COc1cccc(C(C)Nc2ccc(C(C)(C)C)cc2)c1. The minimum absolute atomic E-state index is 0.191. The summed E-state index contributed by atoms with van der Waals surface area (Å²) >= 11 is 0. The monoisotopic (exact) mass is 283 g/mol. The minimum Gasteiger partial charge on any atom is -0.497 e. The largest absolute Gasteiger partial charge is 0.497 e. The van der Waals surface area contributed by atoms with E-state index in [0.29, 0.717) is 0 Å². The first kappa shape index (κ1) is 15.4. The lowest BCUT2D eigenvalue weighted by Gasteiger charge is -2.21. The Morgan fingerprint density at radius 1 is 1.00 bits per heavy atom. The van der Waals surface area contributed by atoms with Crippen LogP contribution in [0.4, 0.5) is 5.69 Å². The van der Waals surface area contributed by atoms with E-state index in [1.807, 2.05) is 12.1 Å². The molecule has 21 heavy (non-hydrogen) atoms. The number of methoxy groups -OCH3 is 1. The van der Waals surface area contributed by atoms with Crippen molar-refractivity contribution in [3.8, 4) is 5.75 Å². The van der Waals surface area contributed by atoms with Gasteiger partial charge < -0.3 is 10.1 Å². The van der Waals surface area contributed by atoms with Gasteiger partial charge in [0.25, 0.3) is 0 Å². The third-order valence-electron chi connectivity index (χ3n) is 3.73. The molecule has 0 fully saturated rings. The number of rotatable bonds is 4. The Hall–Kier alpha value is -1.96. The normalized spacial score (nSPS) is 12.8. The van der Waals surface area contributed by atoms with Gasteiger partial charge in [-0.3, -0.25) is 0 Å². The molecule has 0 aliphatic carbocycles. The van der Waals surface area contributed by atoms with Crippen LogP contribution in [0, 0.1) is 0 Å². The fourth-order valence-corrected chi connectivity index (χ4v) is 2.31. The Balaban J connectivity index is 2.10. The zero-order chi connectivity index (χ0) is 15.5. The molecule has 0 aliphatic heterocycles. The van der Waals surface area contributed by atoms with E-state index in [9.17, 15) is 0 Å². The maximum absolute atomic E-state index is 5.28. The minimum atomic E-state index is 0.191. The Kier molecular flexibility index (Phi) is 4.56. The summed E-state index contributed by atoms with van der Waals surface area (Å²) in [5, 5.41) is 3.53. The Labute approximate surface area is 128 Å². The second-order valence-electron chi connectivity index (χ2n) is 6.47. The van der Waals surface area contributed by atoms with Crippen LogP contribution in [0.15, 0.2) is 48.5 Å². The molecule has 0 aromatic heterocycles. The Morgan fingerprint density at radius 3 is 2.24 bits per heavy atom. The zero-order valence-corrected chi connectivity index (χ0v) is 13.6. The van der Waals surface area contributed by atoms with Crippen molar-refractivity contribution in [3.05, 3.63) is 59.7 Å². The molecule has 2 aromatic carbocycles. The van der Waals surface area contributed by atoms with Crippen molar-refractivity contribution in [3.63, 3.8) is 0 Å². The second kappa shape index (κ2) is 6.21. The van der Waals surface area contributed by atoms with E-state index in [1.54, 1.807) is 7.11 Å².